The maximum Gasteiger partial charge on any atom is 0.420 e. The van der Waals surface area contributed by atoms with E-state index in [2.05, 4.69) is 5.32 Å². The van der Waals surface area contributed by atoms with Gasteiger partial charge in [-0.3, -0.25) is 9.69 Å². The quantitative estimate of drug-likeness (QED) is 0.282. The number of nitrogens with zero attached hydrogens (tertiary/aromatic N) is 3. The summed E-state index contributed by atoms with van der Waals surface area (Å²) in [5, 5.41) is 21.2. The molecule has 2 aromatic carbocycles. The zero-order valence-electron chi connectivity index (χ0n) is 20.7. The number of rotatable bonds is 7. The number of carbonyl (C=O) groups is 1. The van der Waals surface area contributed by atoms with Crippen molar-refractivity contribution >= 4 is 34.6 Å². The van der Waals surface area contributed by atoms with Gasteiger partial charge in [0.2, 0.25) is 5.91 Å². The van der Waals surface area contributed by atoms with E-state index in [1.54, 1.807) is 26.8 Å². The Kier molecular flexibility index (Phi) is 9.57. The van der Waals surface area contributed by atoms with Gasteiger partial charge in [-0.05, 0) is 75.7 Å². The van der Waals surface area contributed by atoms with E-state index in [1.807, 2.05) is 0 Å². The van der Waals surface area contributed by atoms with Crippen molar-refractivity contribution < 1.29 is 31.9 Å². The van der Waals surface area contributed by atoms with Gasteiger partial charge in [0, 0.05) is 24.7 Å². The zero-order valence-corrected chi connectivity index (χ0v) is 21.5. The molecule has 0 heterocycles. The van der Waals surface area contributed by atoms with E-state index >= 15 is 4.39 Å². The number of halogens is 5. The summed E-state index contributed by atoms with van der Waals surface area (Å²) < 4.78 is 70.6. The van der Waals surface area contributed by atoms with Crippen LogP contribution in [-0.2, 0) is 17.4 Å². The molecule has 0 spiro atoms. The summed E-state index contributed by atoms with van der Waals surface area (Å²) in [6.45, 7) is 4.09. The summed E-state index contributed by atoms with van der Waals surface area (Å²) in [5.74, 6) is -2.53. The number of aryl methyl sites for hydroxylation is 1. The fourth-order valence-electron chi connectivity index (χ4n) is 3.73. The van der Waals surface area contributed by atoms with Gasteiger partial charge < -0.3 is 15.3 Å². The Morgan fingerprint density at radius 3 is 2.30 bits per heavy atom. The molecule has 1 amide bonds. The first-order valence-electron chi connectivity index (χ1n) is 11.2. The Bertz CT molecular complexity index is 1210. The van der Waals surface area contributed by atoms with Crippen LogP contribution >= 0.6 is 12.2 Å². The first-order chi connectivity index (χ1) is 17.2. The van der Waals surface area contributed by atoms with E-state index in [4.69, 9.17) is 17.5 Å². The van der Waals surface area contributed by atoms with Crippen molar-refractivity contribution in [2.24, 2.45) is 0 Å². The van der Waals surface area contributed by atoms with Gasteiger partial charge in [-0.2, -0.15) is 18.4 Å². The maximum atomic E-state index is 15.1. The predicted molar refractivity (Wildman–Crippen MR) is 134 cm³/mol. The lowest BCUT2D eigenvalue weighted by molar-refractivity contribution is -0.140. The van der Waals surface area contributed by atoms with Crippen molar-refractivity contribution in [3.63, 3.8) is 0 Å². The lowest BCUT2D eigenvalue weighted by Crippen LogP contribution is -2.53. The van der Waals surface area contributed by atoms with E-state index in [0.29, 0.717) is 18.4 Å². The lowest BCUT2D eigenvalue weighted by atomic mass is 10.0. The SMILES string of the molecule is CNC(=O)CCCc1ccc(N(C(=S)N(CO)c2ccc(C#N)c(C(F)(F)F)c2F)C(C)(C)C)cc1F. The molecule has 0 radical (unpaired) electrons. The molecule has 0 unspecified atom stereocenters. The van der Waals surface area contributed by atoms with Gasteiger partial charge in [0.1, 0.15) is 18.1 Å². The van der Waals surface area contributed by atoms with Gasteiger partial charge in [-0.1, -0.05) is 6.07 Å². The summed E-state index contributed by atoms with van der Waals surface area (Å²) in [6, 6.07) is 7.25. The van der Waals surface area contributed by atoms with Gasteiger partial charge in [0.25, 0.3) is 0 Å². The molecule has 2 N–H and O–H groups in total. The van der Waals surface area contributed by atoms with Crippen LogP contribution in [0.2, 0.25) is 0 Å². The number of amides is 1. The standard InChI is InChI=1S/C25H27F5N4O2S/c1-24(2,3)34(17-10-8-15(18(26)12-17)6-5-7-20(36)32-4)23(37)33(14-35)19-11-9-16(13-31)21(22(19)27)25(28,29)30/h8-12,35H,5-7,14H2,1-4H3,(H,32,36). The second kappa shape index (κ2) is 11.8. The van der Waals surface area contributed by atoms with E-state index in [9.17, 15) is 27.5 Å². The molecule has 37 heavy (non-hydrogen) atoms. The van der Waals surface area contributed by atoms with Crippen LogP contribution in [0.5, 0.6) is 0 Å². The molecule has 2 rings (SSSR count). The highest BCUT2D eigenvalue weighted by Gasteiger charge is 2.40. The number of benzene rings is 2. The number of alkyl halides is 3. The number of thiocarbonyl (C=S) groups is 1. The third-order valence-electron chi connectivity index (χ3n) is 5.47. The fourth-order valence-corrected chi connectivity index (χ4v) is 4.27. The Hall–Kier alpha value is -3.30. The van der Waals surface area contributed by atoms with E-state index in [-0.39, 0.29) is 23.1 Å². The van der Waals surface area contributed by atoms with E-state index in [0.717, 1.165) is 17.0 Å². The minimum atomic E-state index is -5.17. The second-order valence-electron chi connectivity index (χ2n) is 9.09. The van der Waals surface area contributed by atoms with Crippen LogP contribution in [-0.4, -0.2) is 35.4 Å². The maximum absolute atomic E-state index is 15.1. The van der Waals surface area contributed by atoms with Crippen LogP contribution < -0.4 is 15.1 Å². The number of carbonyl (C=O) groups excluding carboxylic acids is 1. The van der Waals surface area contributed by atoms with Gasteiger partial charge in [-0.15, -0.1) is 0 Å². The molecular weight excluding hydrogens is 515 g/mol. The number of nitriles is 1. The number of hydrogen-bond donors (Lipinski definition) is 2. The number of hydrogen-bond acceptors (Lipinski definition) is 4. The molecule has 200 valence electrons. The smallest absolute Gasteiger partial charge is 0.376 e. The molecule has 0 fully saturated rings. The first kappa shape index (κ1) is 29.9. The van der Waals surface area contributed by atoms with Crippen LogP contribution in [0.4, 0.5) is 33.3 Å². The molecule has 0 aliphatic heterocycles. The molecule has 0 atom stereocenters. The van der Waals surface area contributed by atoms with Crippen LogP contribution in [0.1, 0.15) is 50.3 Å². The molecular formula is C25H27F5N4O2S. The largest absolute Gasteiger partial charge is 0.420 e. The molecule has 0 aromatic heterocycles. The molecule has 0 aliphatic rings. The first-order valence-corrected chi connectivity index (χ1v) is 11.6. The van der Waals surface area contributed by atoms with E-state index in [1.165, 1.54) is 30.1 Å². The molecule has 0 bridgehead atoms. The lowest BCUT2D eigenvalue weighted by Gasteiger charge is -2.41. The molecule has 12 heteroatoms. The fraction of sp³-hybridized carbons (Fsp3) is 0.400. The van der Waals surface area contributed by atoms with Crippen molar-refractivity contribution in [1.82, 2.24) is 5.32 Å². The average Bonchev–Trinajstić information content (AvgIpc) is 2.79. The molecule has 0 saturated carbocycles. The predicted octanol–water partition coefficient (Wildman–Crippen LogP) is 5.27. The summed E-state index contributed by atoms with van der Waals surface area (Å²) in [7, 11) is 1.50. The average molecular weight is 543 g/mol. The Morgan fingerprint density at radius 1 is 1.16 bits per heavy atom. The minimum Gasteiger partial charge on any atom is -0.376 e. The van der Waals surface area contributed by atoms with Crippen molar-refractivity contribution in [2.45, 2.75) is 51.7 Å². The minimum absolute atomic E-state index is 0.172. The summed E-state index contributed by atoms with van der Waals surface area (Å²) in [6.07, 6.45) is -4.25. The van der Waals surface area contributed by atoms with E-state index < -0.39 is 46.9 Å². The Balaban J connectivity index is 2.51. The molecule has 6 nitrogen and oxygen atoms in total. The van der Waals surface area contributed by atoms with Crippen molar-refractivity contribution in [2.75, 3.05) is 23.6 Å². The number of nitrogens with one attached hydrogen (secondary N) is 1. The third kappa shape index (κ3) is 6.93. The highest BCUT2D eigenvalue weighted by Crippen LogP contribution is 2.38. The topological polar surface area (TPSA) is 79.6 Å². The van der Waals surface area contributed by atoms with Gasteiger partial charge in [0.15, 0.2) is 10.9 Å². The number of anilines is 2. The monoisotopic (exact) mass is 542 g/mol. The van der Waals surface area contributed by atoms with Gasteiger partial charge in [-0.25, -0.2) is 8.78 Å². The normalized spacial score (nSPS) is 11.6. The van der Waals surface area contributed by atoms with Crippen molar-refractivity contribution in [3.8, 4) is 6.07 Å². The highest BCUT2D eigenvalue weighted by atomic mass is 32.1. The number of aliphatic hydroxyl groups excluding tert-OH is 1. The van der Waals surface area contributed by atoms with Crippen LogP contribution in [0, 0.1) is 23.0 Å². The van der Waals surface area contributed by atoms with Gasteiger partial charge >= 0.3 is 6.18 Å². The number of aliphatic hydroxyl groups is 1. The summed E-state index contributed by atoms with van der Waals surface area (Å²) in [5.41, 5.74) is -3.71. The van der Waals surface area contributed by atoms with Crippen LogP contribution in [0.15, 0.2) is 30.3 Å². The molecule has 2 aromatic rings. The van der Waals surface area contributed by atoms with Crippen molar-refractivity contribution in [3.05, 3.63) is 58.7 Å². The zero-order chi connectivity index (χ0) is 28.1. The Labute approximate surface area is 217 Å². The summed E-state index contributed by atoms with van der Waals surface area (Å²) >= 11 is 5.47. The van der Waals surface area contributed by atoms with Crippen molar-refractivity contribution in [1.29, 1.82) is 5.26 Å². The molecule has 0 aliphatic carbocycles. The summed E-state index contributed by atoms with van der Waals surface area (Å²) in [4.78, 5) is 13.5. The highest BCUT2D eigenvalue weighted by molar-refractivity contribution is 7.80. The Morgan fingerprint density at radius 2 is 1.81 bits per heavy atom. The molecule has 0 saturated heterocycles. The van der Waals surface area contributed by atoms with Gasteiger partial charge in [0.05, 0.1) is 17.3 Å². The second-order valence-corrected chi connectivity index (χ2v) is 9.46. The van der Waals surface area contributed by atoms with Crippen LogP contribution in [0.3, 0.4) is 0 Å². The van der Waals surface area contributed by atoms with Crippen LogP contribution in [0.25, 0.3) is 0 Å². The third-order valence-corrected chi connectivity index (χ3v) is 5.88.